The summed E-state index contributed by atoms with van der Waals surface area (Å²) < 4.78 is 16.7. The molecule has 0 spiro atoms. The predicted molar refractivity (Wildman–Crippen MR) is 174 cm³/mol. The predicted octanol–water partition coefficient (Wildman–Crippen LogP) is 9.31. The molecule has 0 N–H and O–H groups in total. The van der Waals surface area contributed by atoms with Crippen LogP contribution in [0.4, 0.5) is 5.69 Å². The van der Waals surface area contributed by atoms with E-state index < -0.39 is 11.4 Å². The summed E-state index contributed by atoms with van der Waals surface area (Å²) in [6, 6.07) is 22.6. The Bertz CT molecular complexity index is 1280. The van der Waals surface area contributed by atoms with Crippen molar-refractivity contribution >= 4 is 23.8 Å². The Morgan fingerprint density at radius 3 is 2.05 bits per heavy atom. The second kappa shape index (κ2) is 17.9. The van der Waals surface area contributed by atoms with E-state index in [9.17, 15) is 9.59 Å². The van der Waals surface area contributed by atoms with Gasteiger partial charge in [0.05, 0.1) is 29.9 Å². The van der Waals surface area contributed by atoms with Crippen molar-refractivity contribution in [2.45, 2.75) is 85.5 Å². The number of nitrogens with zero attached hydrogens (tertiary/aromatic N) is 1. The molecule has 0 aromatic heterocycles. The lowest BCUT2D eigenvalue weighted by Gasteiger charge is -2.20. The van der Waals surface area contributed by atoms with Crippen LogP contribution in [0.15, 0.2) is 77.8 Å². The number of carbonyl (C=O) groups is 2. The number of rotatable bonds is 18. The zero-order valence-corrected chi connectivity index (χ0v) is 26.3. The third-order valence-corrected chi connectivity index (χ3v) is 7.53. The van der Waals surface area contributed by atoms with Crippen LogP contribution in [0, 0.1) is 5.41 Å². The number of aliphatic imine (C=N–C) groups is 1. The van der Waals surface area contributed by atoms with Crippen molar-refractivity contribution < 1.29 is 23.8 Å². The van der Waals surface area contributed by atoms with Crippen LogP contribution >= 0.6 is 0 Å². The lowest BCUT2D eigenvalue weighted by Crippen LogP contribution is -2.26. The molecule has 0 unspecified atom stereocenters. The van der Waals surface area contributed by atoms with Gasteiger partial charge in [-0.15, -0.1) is 0 Å². The molecule has 0 aliphatic heterocycles. The average molecular weight is 586 g/mol. The molecule has 6 nitrogen and oxygen atoms in total. The highest BCUT2D eigenvalue weighted by atomic mass is 16.5. The standard InChI is InChI=1S/C37H47NO5/c1-5-7-10-13-29-14-20-32(21-15-29)38-28-30-16-22-34(23-17-30)43-35(39)31-18-24-33(25-19-31)41-26-11-8-9-12-27-42-36(40)37(3,4)6-2/h14-25,28H,5-13,26-27H2,1-4H3. The Kier molecular flexibility index (Phi) is 14.0. The molecule has 0 aliphatic carbocycles. The first kappa shape index (κ1) is 33.6. The number of ether oxygens (including phenoxy) is 3. The molecule has 6 heteroatoms. The summed E-state index contributed by atoms with van der Waals surface area (Å²) in [5.74, 6) is 0.638. The highest BCUT2D eigenvalue weighted by Gasteiger charge is 2.26. The minimum absolute atomic E-state index is 0.126. The van der Waals surface area contributed by atoms with Crippen molar-refractivity contribution in [1.29, 1.82) is 0 Å². The number of aryl methyl sites for hydroxylation is 1. The lowest BCUT2D eigenvalue weighted by atomic mass is 9.91. The van der Waals surface area contributed by atoms with Gasteiger partial charge in [0.2, 0.25) is 0 Å². The molecule has 0 aliphatic rings. The van der Waals surface area contributed by atoms with Crippen molar-refractivity contribution in [2.75, 3.05) is 13.2 Å². The molecule has 0 bridgehead atoms. The summed E-state index contributed by atoms with van der Waals surface area (Å²) in [6.45, 7) is 9.09. The van der Waals surface area contributed by atoms with E-state index in [4.69, 9.17) is 14.2 Å². The van der Waals surface area contributed by atoms with E-state index in [-0.39, 0.29) is 5.97 Å². The van der Waals surface area contributed by atoms with Gasteiger partial charge in [-0.1, -0.05) is 38.8 Å². The molecule has 0 fully saturated rings. The van der Waals surface area contributed by atoms with Crippen LogP contribution in [-0.2, 0) is 16.0 Å². The summed E-state index contributed by atoms with van der Waals surface area (Å²) in [6.07, 6.45) is 11.1. The SMILES string of the molecule is CCCCCc1ccc(N=Cc2ccc(OC(=O)c3ccc(OCCCCCCOC(=O)C(C)(C)CC)cc3)cc2)cc1. The fourth-order valence-corrected chi connectivity index (χ4v) is 4.20. The molecule has 43 heavy (non-hydrogen) atoms. The Labute approximate surface area is 257 Å². The number of carbonyl (C=O) groups excluding carboxylic acids is 2. The van der Waals surface area contributed by atoms with Crippen molar-refractivity contribution in [3.8, 4) is 11.5 Å². The van der Waals surface area contributed by atoms with E-state index in [2.05, 4.69) is 24.0 Å². The monoisotopic (exact) mass is 585 g/mol. The summed E-state index contributed by atoms with van der Waals surface area (Å²) in [4.78, 5) is 29.1. The van der Waals surface area contributed by atoms with E-state index in [1.54, 1.807) is 36.4 Å². The zero-order chi connectivity index (χ0) is 30.9. The van der Waals surface area contributed by atoms with Crippen LogP contribution < -0.4 is 9.47 Å². The number of benzene rings is 3. The highest BCUT2D eigenvalue weighted by Crippen LogP contribution is 2.22. The van der Waals surface area contributed by atoms with Gasteiger partial charge < -0.3 is 14.2 Å². The van der Waals surface area contributed by atoms with Gasteiger partial charge in [-0.05, 0) is 131 Å². The van der Waals surface area contributed by atoms with Gasteiger partial charge in [0.15, 0.2) is 0 Å². The van der Waals surface area contributed by atoms with Gasteiger partial charge >= 0.3 is 11.9 Å². The van der Waals surface area contributed by atoms with Crippen molar-refractivity contribution in [2.24, 2.45) is 10.4 Å². The lowest BCUT2D eigenvalue weighted by molar-refractivity contribution is -0.154. The van der Waals surface area contributed by atoms with Crippen LogP contribution in [0.3, 0.4) is 0 Å². The third-order valence-electron chi connectivity index (χ3n) is 7.53. The second-order valence-corrected chi connectivity index (χ2v) is 11.5. The normalized spacial score (nSPS) is 11.4. The molecule has 230 valence electrons. The Morgan fingerprint density at radius 2 is 1.40 bits per heavy atom. The van der Waals surface area contributed by atoms with Gasteiger partial charge in [0.1, 0.15) is 11.5 Å². The summed E-state index contributed by atoms with van der Waals surface area (Å²) >= 11 is 0. The topological polar surface area (TPSA) is 74.2 Å². The van der Waals surface area contributed by atoms with Crippen LogP contribution in [0.5, 0.6) is 11.5 Å². The fourth-order valence-electron chi connectivity index (χ4n) is 4.20. The van der Waals surface area contributed by atoms with E-state index in [1.807, 2.05) is 51.3 Å². The first-order chi connectivity index (χ1) is 20.8. The van der Waals surface area contributed by atoms with E-state index >= 15 is 0 Å². The van der Waals surface area contributed by atoms with Gasteiger partial charge in [0.25, 0.3) is 0 Å². The Morgan fingerprint density at radius 1 is 0.744 bits per heavy atom. The highest BCUT2D eigenvalue weighted by molar-refractivity contribution is 5.91. The zero-order valence-electron chi connectivity index (χ0n) is 26.3. The molecule has 3 aromatic rings. The minimum atomic E-state index is -0.421. The van der Waals surface area contributed by atoms with E-state index in [0.717, 1.165) is 49.8 Å². The van der Waals surface area contributed by atoms with Crippen LogP contribution in [0.1, 0.15) is 101 Å². The third kappa shape index (κ3) is 12.1. The summed E-state index contributed by atoms with van der Waals surface area (Å²) in [5.41, 5.74) is 3.22. The van der Waals surface area contributed by atoms with Crippen LogP contribution in [0.25, 0.3) is 0 Å². The van der Waals surface area contributed by atoms with Crippen molar-refractivity contribution in [1.82, 2.24) is 0 Å². The largest absolute Gasteiger partial charge is 0.494 e. The molecule has 0 atom stereocenters. The van der Waals surface area contributed by atoms with Gasteiger partial charge in [0, 0.05) is 6.21 Å². The molecule has 0 radical (unpaired) electrons. The molecule has 3 aromatic carbocycles. The van der Waals surface area contributed by atoms with Gasteiger partial charge in [-0.2, -0.15) is 0 Å². The summed E-state index contributed by atoms with van der Waals surface area (Å²) in [7, 11) is 0. The van der Waals surface area contributed by atoms with Crippen LogP contribution in [0.2, 0.25) is 0 Å². The molecule has 0 saturated heterocycles. The number of unbranched alkanes of at least 4 members (excludes halogenated alkanes) is 5. The fraction of sp³-hybridized carbons (Fsp3) is 0.432. The smallest absolute Gasteiger partial charge is 0.343 e. The quantitative estimate of drug-likeness (QED) is 0.0644. The number of hydrogen-bond acceptors (Lipinski definition) is 6. The molecule has 3 rings (SSSR count). The van der Waals surface area contributed by atoms with Gasteiger partial charge in [-0.3, -0.25) is 9.79 Å². The van der Waals surface area contributed by atoms with E-state index in [1.165, 1.54) is 24.8 Å². The summed E-state index contributed by atoms with van der Waals surface area (Å²) in [5, 5.41) is 0. The van der Waals surface area contributed by atoms with Crippen molar-refractivity contribution in [3.63, 3.8) is 0 Å². The molecule has 0 heterocycles. The Hall–Kier alpha value is -3.93. The molecular weight excluding hydrogens is 538 g/mol. The van der Waals surface area contributed by atoms with Crippen LogP contribution in [-0.4, -0.2) is 31.4 Å². The number of hydrogen-bond donors (Lipinski definition) is 0. The maximum Gasteiger partial charge on any atom is 0.343 e. The first-order valence-electron chi connectivity index (χ1n) is 15.7. The van der Waals surface area contributed by atoms with Crippen molar-refractivity contribution in [3.05, 3.63) is 89.5 Å². The maximum absolute atomic E-state index is 12.6. The number of esters is 2. The maximum atomic E-state index is 12.6. The molecule has 0 amide bonds. The molecular formula is C37H47NO5. The average Bonchev–Trinajstić information content (AvgIpc) is 3.02. The Balaban J connectivity index is 1.34. The van der Waals surface area contributed by atoms with E-state index in [0.29, 0.717) is 30.3 Å². The van der Waals surface area contributed by atoms with Gasteiger partial charge in [-0.25, -0.2) is 4.79 Å². The minimum Gasteiger partial charge on any atom is -0.494 e. The molecule has 0 saturated carbocycles. The first-order valence-corrected chi connectivity index (χ1v) is 15.7. The second-order valence-electron chi connectivity index (χ2n) is 11.5.